The summed E-state index contributed by atoms with van der Waals surface area (Å²) in [6.07, 6.45) is 1.50. The lowest BCUT2D eigenvalue weighted by Crippen LogP contribution is -2.42. The Kier molecular flexibility index (Phi) is 9.52. The number of nitrogens with zero attached hydrogens (tertiary/aromatic N) is 1. The van der Waals surface area contributed by atoms with Crippen LogP contribution >= 0.6 is 0 Å². The fraction of sp³-hybridized carbons (Fsp3) is 0.625. The molecule has 26 heavy (non-hydrogen) atoms. The summed E-state index contributed by atoms with van der Waals surface area (Å²) < 4.78 is 26.7. The Morgan fingerprint density at radius 2 is 1.81 bits per heavy atom. The molecule has 0 saturated carbocycles. The van der Waals surface area contributed by atoms with E-state index in [1.807, 2.05) is 0 Å². The Balaban J connectivity index is 2.55. The molecule has 0 unspecified atom stereocenters. The second-order valence-electron chi connectivity index (χ2n) is 5.44. The van der Waals surface area contributed by atoms with Crippen LogP contribution < -0.4 is 4.74 Å². The SMILES string of the molecule is CCOc1cc([N+](=O)[O-])c(COCCCC[Si](OC)(OC)OC)cc1O. The highest BCUT2D eigenvalue weighted by Gasteiger charge is 2.36. The monoisotopic (exact) mass is 389 g/mol. The summed E-state index contributed by atoms with van der Waals surface area (Å²) in [5.41, 5.74) is 0.154. The van der Waals surface area contributed by atoms with Gasteiger partial charge in [-0.2, -0.15) is 0 Å². The first kappa shape index (κ1) is 22.3. The number of hydrogen-bond donors (Lipinski definition) is 1. The minimum absolute atomic E-state index is 0.0255. The molecule has 0 atom stereocenters. The summed E-state index contributed by atoms with van der Waals surface area (Å²) in [5, 5.41) is 21.1. The maximum atomic E-state index is 11.2. The van der Waals surface area contributed by atoms with Crippen LogP contribution in [0.2, 0.25) is 6.04 Å². The highest BCUT2D eigenvalue weighted by molar-refractivity contribution is 6.60. The van der Waals surface area contributed by atoms with Crippen molar-refractivity contribution in [3.05, 3.63) is 27.8 Å². The van der Waals surface area contributed by atoms with E-state index in [1.165, 1.54) is 12.1 Å². The van der Waals surface area contributed by atoms with E-state index in [0.717, 1.165) is 12.8 Å². The predicted octanol–water partition coefficient (Wildman–Crippen LogP) is 2.87. The quantitative estimate of drug-likeness (QED) is 0.237. The van der Waals surface area contributed by atoms with Crippen molar-refractivity contribution in [2.24, 2.45) is 0 Å². The number of hydrogen-bond acceptors (Lipinski definition) is 8. The Labute approximate surface area is 154 Å². The van der Waals surface area contributed by atoms with Gasteiger partial charge in [-0.25, -0.2) is 0 Å². The summed E-state index contributed by atoms with van der Waals surface area (Å²) in [4.78, 5) is 10.7. The van der Waals surface area contributed by atoms with Crippen molar-refractivity contribution in [2.45, 2.75) is 32.4 Å². The van der Waals surface area contributed by atoms with Crippen LogP contribution in [0.15, 0.2) is 12.1 Å². The molecule has 0 bridgehead atoms. The molecule has 1 rings (SSSR count). The minimum Gasteiger partial charge on any atom is -0.504 e. The van der Waals surface area contributed by atoms with Crippen LogP contribution in [0, 0.1) is 10.1 Å². The number of ether oxygens (including phenoxy) is 2. The molecule has 1 N–H and O–H groups in total. The normalized spacial score (nSPS) is 11.5. The van der Waals surface area contributed by atoms with Gasteiger partial charge in [0.2, 0.25) is 0 Å². The van der Waals surface area contributed by atoms with Crippen LogP contribution in [0.3, 0.4) is 0 Å². The van der Waals surface area contributed by atoms with Gasteiger partial charge in [-0.15, -0.1) is 0 Å². The van der Waals surface area contributed by atoms with Gasteiger partial charge in [0.15, 0.2) is 11.5 Å². The molecule has 9 nitrogen and oxygen atoms in total. The number of phenols is 1. The largest absolute Gasteiger partial charge is 0.504 e. The molecule has 0 aliphatic carbocycles. The number of aromatic hydroxyl groups is 1. The third-order valence-electron chi connectivity index (χ3n) is 3.87. The molecule has 1 aromatic carbocycles. The van der Waals surface area contributed by atoms with Crippen molar-refractivity contribution in [2.75, 3.05) is 34.5 Å². The lowest BCUT2D eigenvalue weighted by atomic mass is 10.1. The molecule has 0 spiro atoms. The van der Waals surface area contributed by atoms with Crippen molar-refractivity contribution in [1.82, 2.24) is 0 Å². The van der Waals surface area contributed by atoms with Gasteiger partial charge in [-0.05, 0) is 25.8 Å². The van der Waals surface area contributed by atoms with Crippen LogP contribution in [-0.2, 0) is 24.6 Å². The van der Waals surface area contributed by atoms with Crippen LogP contribution in [-0.4, -0.2) is 53.4 Å². The maximum Gasteiger partial charge on any atom is 0.500 e. The summed E-state index contributed by atoms with van der Waals surface area (Å²) >= 11 is 0. The van der Waals surface area contributed by atoms with Crippen LogP contribution in [0.1, 0.15) is 25.3 Å². The van der Waals surface area contributed by atoms with E-state index >= 15 is 0 Å². The van der Waals surface area contributed by atoms with Gasteiger partial charge >= 0.3 is 8.80 Å². The Morgan fingerprint density at radius 3 is 2.35 bits per heavy atom. The van der Waals surface area contributed by atoms with Crippen LogP contribution in [0.5, 0.6) is 11.5 Å². The third kappa shape index (κ3) is 6.22. The zero-order valence-corrected chi connectivity index (χ0v) is 16.6. The van der Waals surface area contributed by atoms with Gasteiger partial charge in [-0.1, -0.05) is 0 Å². The van der Waals surface area contributed by atoms with Crippen molar-refractivity contribution in [1.29, 1.82) is 0 Å². The Morgan fingerprint density at radius 1 is 1.15 bits per heavy atom. The summed E-state index contributed by atoms with van der Waals surface area (Å²) in [6, 6.07) is 3.18. The van der Waals surface area contributed by atoms with Crippen molar-refractivity contribution in [3.63, 3.8) is 0 Å². The smallest absolute Gasteiger partial charge is 0.500 e. The Bertz CT molecular complexity index is 571. The maximum absolute atomic E-state index is 11.2. The van der Waals surface area contributed by atoms with Crippen molar-refractivity contribution < 1.29 is 32.8 Å². The van der Waals surface area contributed by atoms with Crippen LogP contribution in [0.25, 0.3) is 0 Å². The van der Waals surface area contributed by atoms with E-state index in [1.54, 1.807) is 28.3 Å². The number of rotatable bonds is 13. The molecule has 0 aliphatic rings. The van der Waals surface area contributed by atoms with Crippen LogP contribution in [0.4, 0.5) is 5.69 Å². The number of nitro groups is 1. The fourth-order valence-electron chi connectivity index (χ4n) is 2.44. The molecule has 1 aromatic rings. The molecule has 148 valence electrons. The predicted molar refractivity (Wildman–Crippen MR) is 96.4 cm³/mol. The first-order valence-electron chi connectivity index (χ1n) is 8.29. The molecular weight excluding hydrogens is 362 g/mol. The third-order valence-corrected chi connectivity index (χ3v) is 6.70. The average Bonchev–Trinajstić information content (AvgIpc) is 2.63. The number of nitro benzene ring substituents is 1. The van der Waals surface area contributed by atoms with Gasteiger partial charge in [0, 0.05) is 34.0 Å². The molecule has 0 radical (unpaired) electrons. The summed E-state index contributed by atoms with van der Waals surface area (Å²) in [5.74, 6) is -0.0601. The molecule has 0 aliphatic heterocycles. The standard InChI is InChI=1S/C16H27NO8Si/c1-5-25-16-11-14(17(19)20)13(10-15(16)18)12-24-8-6-7-9-26(21-2,22-3)23-4/h10-11,18H,5-9,12H2,1-4H3. The van der Waals surface area contributed by atoms with E-state index in [-0.39, 0.29) is 23.8 Å². The second-order valence-corrected chi connectivity index (χ2v) is 8.53. The van der Waals surface area contributed by atoms with Crippen molar-refractivity contribution in [3.8, 4) is 11.5 Å². The van der Waals surface area contributed by atoms with E-state index in [2.05, 4.69) is 0 Å². The van der Waals surface area contributed by atoms with Gasteiger partial charge < -0.3 is 27.9 Å². The van der Waals surface area contributed by atoms with E-state index in [4.69, 9.17) is 22.8 Å². The fourth-order valence-corrected chi connectivity index (χ4v) is 4.24. The summed E-state index contributed by atoms with van der Waals surface area (Å²) in [7, 11) is 2.11. The minimum atomic E-state index is -2.58. The summed E-state index contributed by atoms with van der Waals surface area (Å²) in [6.45, 7) is 2.47. The number of benzene rings is 1. The molecular formula is C16H27NO8Si. The zero-order valence-electron chi connectivity index (χ0n) is 15.6. The van der Waals surface area contributed by atoms with E-state index in [0.29, 0.717) is 24.8 Å². The lowest BCUT2D eigenvalue weighted by molar-refractivity contribution is -0.386. The molecule has 0 fully saturated rings. The second kappa shape index (κ2) is 11.1. The van der Waals surface area contributed by atoms with E-state index in [9.17, 15) is 15.2 Å². The molecule has 0 amide bonds. The zero-order chi connectivity index (χ0) is 19.6. The highest BCUT2D eigenvalue weighted by atomic mass is 28.4. The Hall–Kier alpha value is -1.72. The van der Waals surface area contributed by atoms with E-state index < -0.39 is 13.7 Å². The number of unbranched alkanes of at least 4 members (excludes halogenated alkanes) is 1. The van der Waals surface area contributed by atoms with Crippen molar-refractivity contribution >= 4 is 14.5 Å². The molecule has 10 heteroatoms. The number of phenolic OH excluding ortho intramolecular Hbond substituents is 1. The first-order valence-corrected chi connectivity index (χ1v) is 10.2. The van der Waals surface area contributed by atoms with Gasteiger partial charge in [0.05, 0.1) is 29.8 Å². The highest BCUT2D eigenvalue weighted by Crippen LogP contribution is 2.34. The van der Waals surface area contributed by atoms with Gasteiger partial charge in [0.25, 0.3) is 5.69 Å². The van der Waals surface area contributed by atoms with Gasteiger partial charge in [0.1, 0.15) is 0 Å². The molecule has 0 aromatic heterocycles. The lowest BCUT2D eigenvalue weighted by Gasteiger charge is -2.24. The molecule has 0 heterocycles. The first-order chi connectivity index (χ1) is 12.4. The average molecular weight is 389 g/mol. The van der Waals surface area contributed by atoms with Gasteiger partial charge in [-0.3, -0.25) is 10.1 Å². The molecule has 0 saturated heterocycles. The topological polar surface area (TPSA) is 110 Å².